The van der Waals surface area contributed by atoms with Crippen molar-refractivity contribution in [1.82, 2.24) is 10.3 Å². The zero-order chi connectivity index (χ0) is 14.8. The second kappa shape index (κ2) is 5.69. The number of hydrogen-bond acceptors (Lipinski definition) is 6. The van der Waals surface area contributed by atoms with Crippen molar-refractivity contribution in [2.24, 2.45) is 0 Å². The summed E-state index contributed by atoms with van der Waals surface area (Å²) in [6.07, 6.45) is 3.62. The van der Waals surface area contributed by atoms with E-state index >= 15 is 0 Å². The first-order valence-electron chi connectivity index (χ1n) is 7.13. The monoisotopic (exact) mass is 290 g/mol. The number of nitrogens with zero attached hydrogens (tertiary/aromatic N) is 3. The highest BCUT2D eigenvalue weighted by atomic mass is 16.6. The third kappa shape index (κ3) is 2.97. The standard InChI is InChI=1S/C14H18N4O3/c1-17(9-10-4-2-3-7-15-10)14-16-12-8-11(18(19)20)5-6-13(12)21-14/h5-6,8,10,15H,2-4,7,9H2,1H3. The smallest absolute Gasteiger partial charge is 0.298 e. The highest BCUT2D eigenvalue weighted by Gasteiger charge is 2.18. The molecule has 0 bridgehead atoms. The third-order valence-corrected chi connectivity index (χ3v) is 3.80. The molecule has 0 amide bonds. The lowest BCUT2D eigenvalue weighted by molar-refractivity contribution is -0.384. The minimum absolute atomic E-state index is 0.0268. The Morgan fingerprint density at radius 2 is 2.38 bits per heavy atom. The maximum Gasteiger partial charge on any atom is 0.298 e. The van der Waals surface area contributed by atoms with E-state index in [2.05, 4.69) is 10.3 Å². The Balaban J connectivity index is 1.78. The molecule has 21 heavy (non-hydrogen) atoms. The van der Waals surface area contributed by atoms with Crippen LogP contribution in [-0.4, -0.2) is 36.1 Å². The van der Waals surface area contributed by atoms with Gasteiger partial charge in [0.1, 0.15) is 5.52 Å². The number of benzene rings is 1. The average molecular weight is 290 g/mol. The fraction of sp³-hybridized carbons (Fsp3) is 0.500. The number of nitro groups is 1. The number of nitrogens with one attached hydrogen (secondary N) is 1. The summed E-state index contributed by atoms with van der Waals surface area (Å²) < 4.78 is 5.67. The first-order valence-corrected chi connectivity index (χ1v) is 7.13. The van der Waals surface area contributed by atoms with Crippen molar-refractivity contribution >= 4 is 22.8 Å². The molecule has 112 valence electrons. The van der Waals surface area contributed by atoms with Crippen molar-refractivity contribution in [3.63, 3.8) is 0 Å². The van der Waals surface area contributed by atoms with E-state index in [4.69, 9.17) is 4.42 Å². The molecule has 1 aliphatic rings. The molecule has 0 radical (unpaired) electrons. The van der Waals surface area contributed by atoms with Crippen molar-refractivity contribution in [3.05, 3.63) is 28.3 Å². The lowest BCUT2D eigenvalue weighted by Gasteiger charge is -2.27. The number of hydrogen-bond donors (Lipinski definition) is 1. The van der Waals surface area contributed by atoms with Crippen LogP contribution in [0.3, 0.4) is 0 Å². The van der Waals surface area contributed by atoms with Gasteiger partial charge in [-0.3, -0.25) is 10.1 Å². The minimum atomic E-state index is -0.427. The molecule has 0 saturated carbocycles. The first-order chi connectivity index (χ1) is 10.1. The zero-order valence-electron chi connectivity index (χ0n) is 11.9. The molecular weight excluding hydrogens is 272 g/mol. The topological polar surface area (TPSA) is 84.4 Å². The van der Waals surface area contributed by atoms with Crippen LogP contribution in [0.25, 0.3) is 11.1 Å². The molecule has 1 aliphatic heterocycles. The van der Waals surface area contributed by atoms with Crippen LogP contribution >= 0.6 is 0 Å². The molecule has 1 aromatic heterocycles. The van der Waals surface area contributed by atoms with E-state index in [1.54, 1.807) is 6.07 Å². The van der Waals surface area contributed by atoms with Crippen LogP contribution in [0.2, 0.25) is 0 Å². The summed E-state index contributed by atoms with van der Waals surface area (Å²) in [5.74, 6) is 0. The number of non-ortho nitro benzene ring substituents is 1. The SMILES string of the molecule is CN(CC1CCCCN1)c1nc2cc([N+](=O)[O-])ccc2o1. The summed E-state index contributed by atoms with van der Waals surface area (Å²) >= 11 is 0. The molecule has 7 nitrogen and oxygen atoms in total. The van der Waals surface area contributed by atoms with E-state index in [9.17, 15) is 10.1 Å². The molecule has 7 heteroatoms. The van der Waals surface area contributed by atoms with Gasteiger partial charge in [-0.15, -0.1) is 0 Å². The summed E-state index contributed by atoms with van der Waals surface area (Å²) in [5, 5.41) is 14.3. The fourth-order valence-electron chi connectivity index (χ4n) is 2.67. The van der Waals surface area contributed by atoms with Gasteiger partial charge in [-0.2, -0.15) is 4.98 Å². The molecular formula is C14H18N4O3. The van der Waals surface area contributed by atoms with Gasteiger partial charge in [0.25, 0.3) is 11.7 Å². The summed E-state index contributed by atoms with van der Waals surface area (Å²) in [6.45, 7) is 1.87. The number of oxazole rings is 1. The predicted molar refractivity (Wildman–Crippen MR) is 79.6 cm³/mol. The Kier molecular flexibility index (Phi) is 3.74. The quantitative estimate of drug-likeness (QED) is 0.687. The molecule has 1 aromatic carbocycles. The number of anilines is 1. The molecule has 1 N–H and O–H groups in total. The van der Waals surface area contributed by atoms with Gasteiger partial charge >= 0.3 is 0 Å². The van der Waals surface area contributed by atoms with E-state index < -0.39 is 4.92 Å². The summed E-state index contributed by atoms with van der Waals surface area (Å²) in [4.78, 5) is 16.7. The van der Waals surface area contributed by atoms with Crippen molar-refractivity contribution in [2.75, 3.05) is 25.0 Å². The molecule has 0 aliphatic carbocycles. The van der Waals surface area contributed by atoms with Crippen LogP contribution in [0.4, 0.5) is 11.7 Å². The highest BCUT2D eigenvalue weighted by Crippen LogP contribution is 2.25. The summed E-state index contributed by atoms with van der Waals surface area (Å²) in [6, 6.07) is 5.40. The fourth-order valence-corrected chi connectivity index (χ4v) is 2.67. The van der Waals surface area contributed by atoms with Gasteiger partial charge in [0.05, 0.1) is 4.92 Å². The van der Waals surface area contributed by atoms with E-state index in [-0.39, 0.29) is 5.69 Å². The maximum atomic E-state index is 10.8. The number of aromatic nitrogens is 1. The molecule has 1 unspecified atom stereocenters. The highest BCUT2D eigenvalue weighted by molar-refractivity contribution is 5.77. The number of piperidine rings is 1. The average Bonchev–Trinajstić information content (AvgIpc) is 2.91. The van der Waals surface area contributed by atoms with Gasteiger partial charge in [0.2, 0.25) is 0 Å². The van der Waals surface area contributed by atoms with E-state index in [1.165, 1.54) is 25.0 Å². The van der Waals surface area contributed by atoms with E-state index in [0.717, 1.165) is 19.5 Å². The molecule has 3 rings (SSSR count). The molecule has 1 fully saturated rings. The van der Waals surface area contributed by atoms with Crippen molar-refractivity contribution in [1.29, 1.82) is 0 Å². The Labute approximate surface area is 122 Å². The Morgan fingerprint density at radius 3 is 3.10 bits per heavy atom. The van der Waals surface area contributed by atoms with Gasteiger partial charge < -0.3 is 14.6 Å². The van der Waals surface area contributed by atoms with Crippen molar-refractivity contribution in [3.8, 4) is 0 Å². The summed E-state index contributed by atoms with van der Waals surface area (Å²) in [5.41, 5.74) is 1.11. The molecule has 2 heterocycles. The van der Waals surface area contributed by atoms with E-state index in [0.29, 0.717) is 23.2 Å². The molecule has 2 aromatic rings. The van der Waals surface area contributed by atoms with Gasteiger partial charge in [0.15, 0.2) is 5.58 Å². The predicted octanol–water partition coefficient (Wildman–Crippen LogP) is 2.31. The zero-order valence-corrected chi connectivity index (χ0v) is 11.9. The van der Waals surface area contributed by atoms with E-state index in [1.807, 2.05) is 11.9 Å². The number of likely N-dealkylation sites (N-methyl/N-ethyl adjacent to an activating group) is 1. The molecule has 0 spiro atoms. The maximum absolute atomic E-state index is 10.8. The second-order valence-corrected chi connectivity index (χ2v) is 5.43. The van der Waals surface area contributed by atoms with Crippen LogP contribution in [0.15, 0.2) is 22.6 Å². The van der Waals surface area contributed by atoms with Crippen LogP contribution in [0.1, 0.15) is 19.3 Å². The summed E-state index contributed by atoms with van der Waals surface area (Å²) in [7, 11) is 1.93. The lowest BCUT2D eigenvalue weighted by Crippen LogP contribution is -2.42. The molecule has 1 atom stereocenters. The van der Waals surface area contributed by atoms with Crippen molar-refractivity contribution in [2.45, 2.75) is 25.3 Å². The molecule has 1 saturated heterocycles. The second-order valence-electron chi connectivity index (χ2n) is 5.43. The minimum Gasteiger partial charge on any atom is -0.423 e. The van der Waals surface area contributed by atoms with Crippen LogP contribution in [-0.2, 0) is 0 Å². The van der Waals surface area contributed by atoms with Crippen LogP contribution < -0.4 is 10.2 Å². The Bertz CT molecular complexity index is 649. The van der Waals surface area contributed by atoms with Gasteiger partial charge in [-0.25, -0.2) is 0 Å². The first kappa shape index (κ1) is 13.8. The van der Waals surface area contributed by atoms with Crippen molar-refractivity contribution < 1.29 is 9.34 Å². The normalized spacial score (nSPS) is 18.8. The van der Waals surface area contributed by atoms with Gasteiger partial charge in [-0.1, -0.05) is 6.42 Å². The number of fused-ring (bicyclic) bond motifs is 1. The van der Waals surface area contributed by atoms with Crippen LogP contribution in [0.5, 0.6) is 0 Å². The lowest BCUT2D eigenvalue weighted by atomic mass is 10.1. The third-order valence-electron chi connectivity index (χ3n) is 3.80. The Morgan fingerprint density at radius 1 is 1.52 bits per heavy atom. The van der Waals surface area contributed by atoms with Crippen LogP contribution in [0, 0.1) is 10.1 Å². The number of nitro benzene ring substituents is 1. The largest absolute Gasteiger partial charge is 0.423 e. The van der Waals surface area contributed by atoms with Gasteiger partial charge in [-0.05, 0) is 25.5 Å². The Hall–Kier alpha value is -2.15. The van der Waals surface area contributed by atoms with Gasteiger partial charge in [0, 0.05) is 31.8 Å². The number of rotatable bonds is 4.